The van der Waals surface area contributed by atoms with E-state index in [9.17, 15) is 14.4 Å². The Kier molecular flexibility index (Phi) is 6.60. The van der Waals surface area contributed by atoms with Crippen molar-refractivity contribution < 1.29 is 19.1 Å². The monoisotopic (exact) mass is 551 g/mol. The number of ketones is 2. The quantitative estimate of drug-likeness (QED) is 0.366. The Morgan fingerprint density at radius 1 is 0.816 bits per heavy atom. The molecule has 0 atom stereocenters. The summed E-state index contributed by atoms with van der Waals surface area (Å²) in [7, 11) is 1.34. The van der Waals surface area contributed by atoms with Gasteiger partial charge in [-0.05, 0) is 59.6 Å². The predicted octanol–water partition coefficient (Wildman–Crippen LogP) is 7.67. The van der Waals surface area contributed by atoms with E-state index in [4.69, 9.17) is 27.9 Å². The number of carbonyl (C=O) groups is 3. The first-order valence-electron chi connectivity index (χ1n) is 12.8. The van der Waals surface area contributed by atoms with Gasteiger partial charge in [-0.25, -0.2) is 4.79 Å². The molecule has 1 heterocycles. The van der Waals surface area contributed by atoms with Crippen LogP contribution in [0.1, 0.15) is 75.2 Å². The molecule has 38 heavy (non-hydrogen) atoms. The van der Waals surface area contributed by atoms with Crippen molar-refractivity contribution >= 4 is 46.4 Å². The third-order valence-electron chi connectivity index (χ3n) is 7.74. The minimum atomic E-state index is -0.502. The van der Waals surface area contributed by atoms with Crippen molar-refractivity contribution in [3.05, 3.63) is 86.2 Å². The maximum absolute atomic E-state index is 13.9. The van der Waals surface area contributed by atoms with Crippen LogP contribution in [-0.2, 0) is 14.3 Å². The molecule has 2 aromatic rings. The molecule has 0 spiro atoms. The second-order valence-corrected chi connectivity index (χ2v) is 12.9. The Balaban J connectivity index is 1.79. The van der Waals surface area contributed by atoms with E-state index < -0.39 is 11.9 Å². The van der Waals surface area contributed by atoms with Crippen LogP contribution in [0, 0.1) is 10.8 Å². The third-order valence-corrected chi connectivity index (χ3v) is 8.48. The van der Waals surface area contributed by atoms with Gasteiger partial charge in [-0.3, -0.25) is 9.59 Å². The first kappa shape index (κ1) is 26.7. The lowest BCUT2D eigenvalue weighted by Crippen LogP contribution is -2.44. The second-order valence-electron chi connectivity index (χ2n) is 12.1. The first-order chi connectivity index (χ1) is 17.8. The maximum Gasteiger partial charge on any atom is 0.337 e. The maximum atomic E-state index is 13.9. The molecule has 0 aromatic heterocycles. The molecule has 198 valence electrons. The fourth-order valence-corrected chi connectivity index (χ4v) is 6.46. The van der Waals surface area contributed by atoms with Gasteiger partial charge in [0, 0.05) is 47.0 Å². The Bertz CT molecular complexity index is 1380. The number of anilines is 1. The first-order valence-corrected chi connectivity index (χ1v) is 13.5. The molecule has 0 amide bonds. The zero-order valence-electron chi connectivity index (χ0n) is 22.3. The molecule has 5 rings (SSSR count). The van der Waals surface area contributed by atoms with Crippen molar-refractivity contribution in [3.8, 4) is 0 Å². The number of hydrogen-bond acceptors (Lipinski definition) is 5. The number of Topliss-reactive ketones (excluding diaryl/α,β-unsaturated/α-hetero) is 2. The van der Waals surface area contributed by atoms with Crippen LogP contribution in [-0.4, -0.2) is 24.6 Å². The molecule has 0 saturated carbocycles. The van der Waals surface area contributed by atoms with Crippen LogP contribution in [0.5, 0.6) is 0 Å². The smallest absolute Gasteiger partial charge is 0.337 e. The van der Waals surface area contributed by atoms with Crippen molar-refractivity contribution in [1.29, 1.82) is 0 Å². The molecule has 3 aliphatic rings. The fourth-order valence-electron chi connectivity index (χ4n) is 6.16. The highest BCUT2D eigenvalue weighted by Crippen LogP contribution is 2.55. The van der Waals surface area contributed by atoms with Gasteiger partial charge in [0.05, 0.1) is 22.7 Å². The van der Waals surface area contributed by atoms with Gasteiger partial charge in [0.2, 0.25) is 0 Å². The summed E-state index contributed by atoms with van der Waals surface area (Å²) in [4.78, 5) is 42.0. The van der Waals surface area contributed by atoms with Gasteiger partial charge in [-0.1, -0.05) is 63.0 Å². The number of methoxy groups -OCH3 is 1. The van der Waals surface area contributed by atoms with Crippen LogP contribution in [0.15, 0.2) is 65.0 Å². The van der Waals surface area contributed by atoms with Gasteiger partial charge in [0.1, 0.15) is 0 Å². The zero-order chi connectivity index (χ0) is 27.6. The number of ether oxygens (including phenoxy) is 1. The van der Waals surface area contributed by atoms with Crippen LogP contribution in [0.25, 0.3) is 0 Å². The lowest BCUT2D eigenvalue weighted by Gasteiger charge is -2.49. The van der Waals surface area contributed by atoms with Gasteiger partial charge in [0.15, 0.2) is 11.6 Å². The molecule has 0 saturated heterocycles. The van der Waals surface area contributed by atoms with E-state index in [1.807, 2.05) is 24.3 Å². The number of hydrogen-bond donors (Lipinski definition) is 0. The third kappa shape index (κ3) is 4.60. The average molecular weight is 552 g/mol. The number of rotatable bonds is 3. The molecule has 0 unspecified atom stereocenters. The van der Waals surface area contributed by atoms with Crippen LogP contribution in [0.4, 0.5) is 5.69 Å². The predicted molar refractivity (Wildman–Crippen MR) is 150 cm³/mol. The summed E-state index contributed by atoms with van der Waals surface area (Å²) in [6, 6.07) is 12.5. The molecule has 0 radical (unpaired) electrons. The summed E-state index contributed by atoms with van der Waals surface area (Å²) >= 11 is 12.7. The van der Waals surface area contributed by atoms with E-state index in [0.29, 0.717) is 52.4 Å². The number of carbonyl (C=O) groups excluding carboxylic acids is 3. The van der Waals surface area contributed by atoms with E-state index >= 15 is 0 Å². The summed E-state index contributed by atoms with van der Waals surface area (Å²) in [6.45, 7) is 8.40. The largest absolute Gasteiger partial charge is 0.465 e. The van der Waals surface area contributed by atoms with Gasteiger partial charge in [-0.2, -0.15) is 0 Å². The highest BCUT2D eigenvalue weighted by atomic mass is 35.5. The van der Waals surface area contributed by atoms with Crippen molar-refractivity contribution in [2.45, 2.75) is 59.3 Å². The standard InChI is InChI=1S/C31H31Cl2NO4/c1-30(2)13-22-27(24(35)15-30)26(17-6-8-18(9-7-17)29(37)38-5)28-23(14-31(3,4)16-25(28)36)34(22)19-10-11-20(32)21(33)12-19/h6-12,26H,13-16H2,1-5H3. The highest BCUT2D eigenvalue weighted by Gasteiger charge is 2.49. The SMILES string of the molecule is COC(=O)c1ccc(C2C3=C(CC(C)(C)CC3=O)N(c3ccc(Cl)c(Cl)c3)C3=C2C(=O)CC(C)(C)C3)cc1. The molecule has 7 heteroatoms. The number of nitrogens with zero attached hydrogens (tertiary/aromatic N) is 1. The van der Waals surface area contributed by atoms with Crippen LogP contribution < -0.4 is 4.90 Å². The number of esters is 1. The molecule has 0 fully saturated rings. The van der Waals surface area contributed by atoms with Crippen LogP contribution in [0.3, 0.4) is 0 Å². The van der Waals surface area contributed by atoms with E-state index in [-0.39, 0.29) is 22.4 Å². The van der Waals surface area contributed by atoms with Gasteiger partial charge in [-0.15, -0.1) is 0 Å². The topological polar surface area (TPSA) is 63.7 Å². The van der Waals surface area contributed by atoms with Crippen molar-refractivity contribution in [1.82, 2.24) is 0 Å². The summed E-state index contributed by atoms with van der Waals surface area (Å²) in [5, 5.41) is 0.858. The van der Waals surface area contributed by atoms with Crippen LogP contribution in [0.2, 0.25) is 10.0 Å². The van der Waals surface area contributed by atoms with E-state index in [1.54, 1.807) is 18.2 Å². The second kappa shape index (κ2) is 9.39. The summed E-state index contributed by atoms with van der Waals surface area (Å²) in [6.07, 6.45) is 2.10. The van der Waals surface area contributed by atoms with E-state index in [0.717, 1.165) is 22.6 Å². The Morgan fingerprint density at radius 2 is 1.34 bits per heavy atom. The molecule has 0 N–H and O–H groups in total. The number of allylic oxidation sites excluding steroid dienone is 4. The zero-order valence-corrected chi connectivity index (χ0v) is 23.8. The lowest BCUT2D eigenvalue weighted by molar-refractivity contribution is -0.119. The Labute approximate surface area is 233 Å². The van der Waals surface area contributed by atoms with Crippen molar-refractivity contribution in [2.75, 3.05) is 12.0 Å². The van der Waals surface area contributed by atoms with E-state index in [1.165, 1.54) is 7.11 Å². The number of halogens is 2. The fraction of sp³-hybridized carbons (Fsp3) is 0.387. The molecule has 2 aromatic carbocycles. The summed E-state index contributed by atoms with van der Waals surface area (Å²) in [5.41, 5.74) is 4.60. The average Bonchev–Trinajstić information content (AvgIpc) is 2.83. The van der Waals surface area contributed by atoms with Crippen LogP contribution >= 0.6 is 23.2 Å². The highest BCUT2D eigenvalue weighted by molar-refractivity contribution is 6.42. The molecule has 1 aliphatic heterocycles. The molecule has 5 nitrogen and oxygen atoms in total. The van der Waals surface area contributed by atoms with Gasteiger partial charge in [0.25, 0.3) is 0 Å². The van der Waals surface area contributed by atoms with E-state index in [2.05, 4.69) is 32.6 Å². The van der Waals surface area contributed by atoms with Gasteiger partial charge >= 0.3 is 5.97 Å². The summed E-state index contributed by atoms with van der Waals surface area (Å²) < 4.78 is 4.86. The van der Waals surface area contributed by atoms with Crippen molar-refractivity contribution in [2.24, 2.45) is 10.8 Å². The molecular weight excluding hydrogens is 521 g/mol. The lowest BCUT2D eigenvalue weighted by atomic mass is 9.63. The van der Waals surface area contributed by atoms with Gasteiger partial charge < -0.3 is 9.64 Å². The van der Waals surface area contributed by atoms with Crippen molar-refractivity contribution in [3.63, 3.8) is 0 Å². The molecule has 0 bridgehead atoms. The Morgan fingerprint density at radius 3 is 1.82 bits per heavy atom. The number of benzene rings is 2. The molecule has 2 aliphatic carbocycles. The summed E-state index contributed by atoms with van der Waals surface area (Å²) in [5.74, 6) is -0.866. The minimum absolute atomic E-state index is 0.0348. The normalized spacial score (nSPS) is 20.9. The minimum Gasteiger partial charge on any atom is -0.465 e. The molecular formula is C31H31Cl2NO4. The Hall–Kier alpha value is -2.89.